The lowest BCUT2D eigenvalue weighted by atomic mass is 10.2. The Hall–Kier alpha value is -0.480. The van der Waals surface area contributed by atoms with Crippen LogP contribution in [0.2, 0.25) is 0 Å². The topological polar surface area (TPSA) is 50.9 Å². The van der Waals surface area contributed by atoms with E-state index < -0.39 is 0 Å². The van der Waals surface area contributed by atoms with Crippen LogP contribution in [-0.2, 0) is 0 Å². The summed E-state index contributed by atoms with van der Waals surface area (Å²) in [5.41, 5.74) is 0.817. The zero-order chi connectivity index (χ0) is 8.85. The van der Waals surface area contributed by atoms with Gasteiger partial charge < -0.3 is 10.3 Å². The predicted molar refractivity (Wildman–Crippen MR) is 52.1 cm³/mol. The molecule has 0 spiro atoms. The molecule has 11 heavy (non-hydrogen) atoms. The Kier molecular flexibility index (Phi) is 4.98. The Morgan fingerprint density at radius 3 is 2.36 bits per heavy atom. The predicted octanol–water partition coefficient (Wildman–Crippen LogP) is 1.50. The lowest BCUT2D eigenvalue weighted by molar-refractivity contribution is 0.451. The highest BCUT2D eigenvalue weighted by molar-refractivity contribution is 9.18. The largest absolute Gasteiger partial charge is 0.308 e. The molecule has 0 atom stereocenters. The summed E-state index contributed by atoms with van der Waals surface area (Å²) in [5, 5.41) is 14.1. The lowest BCUT2D eigenvalue weighted by Gasteiger charge is -2.08. The van der Waals surface area contributed by atoms with Gasteiger partial charge in [0.05, 0.1) is 4.62 Å². The first-order valence-corrected chi connectivity index (χ1v) is 3.95. The number of nitrogens with zero attached hydrogens (tertiary/aromatic N) is 1. The molecule has 3 nitrogen and oxygen atoms in total. The monoisotopic (exact) mass is 217 g/mol. The molecule has 0 amide bonds. The van der Waals surface area contributed by atoms with E-state index in [0.29, 0.717) is 11.2 Å². The molecule has 0 bridgehead atoms. The summed E-state index contributed by atoms with van der Waals surface area (Å²) in [6.07, 6.45) is 2.88. The summed E-state index contributed by atoms with van der Waals surface area (Å²) >= 11 is 2.99. The maximum atomic E-state index is 7.09. The van der Waals surface area contributed by atoms with Crippen LogP contribution in [0.5, 0.6) is 0 Å². The van der Waals surface area contributed by atoms with Gasteiger partial charge in [0.2, 0.25) is 0 Å². The van der Waals surface area contributed by atoms with Crippen LogP contribution in [0.1, 0.15) is 0 Å². The fraction of sp³-hybridized carbons (Fsp3) is 0.429. The van der Waals surface area contributed by atoms with Gasteiger partial charge in [-0.15, -0.1) is 0 Å². The number of allylic oxidation sites excluding steroid dienone is 1. The van der Waals surface area contributed by atoms with Crippen LogP contribution in [0, 0.1) is 10.8 Å². The van der Waals surface area contributed by atoms with Gasteiger partial charge in [-0.05, 0) is 41.7 Å². The first kappa shape index (κ1) is 10.5. The zero-order valence-electron chi connectivity index (χ0n) is 6.69. The number of hydrogen-bond acceptors (Lipinski definition) is 3. The standard InChI is InChI=1S/C7H12BrN3/c1-11(2)5-6(4-9)3-7(8)10/h3-4,9-10H,5H2,1-2H3/b6-3+,9-4?,10-7?. The highest BCUT2D eigenvalue weighted by Gasteiger charge is 1.95. The highest BCUT2D eigenvalue weighted by atomic mass is 79.9. The van der Waals surface area contributed by atoms with Crippen LogP contribution >= 0.6 is 15.9 Å². The molecule has 0 aromatic carbocycles. The molecule has 0 radical (unpaired) electrons. The van der Waals surface area contributed by atoms with Gasteiger partial charge in [0.1, 0.15) is 0 Å². The smallest absolute Gasteiger partial charge is 0.0970 e. The Labute approximate surface area is 75.2 Å². The Balaban J connectivity index is 4.16. The van der Waals surface area contributed by atoms with Crippen molar-refractivity contribution in [3.05, 3.63) is 11.6 Å². The molecule has 0 aliphatic heterocycles. The van der Waals surface area contributed by atoms with Crippen LogP contribution < -0.4 is 0 Å². The van der Waals surface area contributed by atoms with E-state index in [9.17, 15) is 0 Å². The minimum atomic E-state index is 0.304. The molecular weight excluding hydrogens is 206 g/mol. The van der Waals surface area contributed by atoms with Gasteiger partial charge in [-0.2, -0.15) is 0 Å². The van der Waals surface area contributed by atoms with E-state index in [0.717, 1.165) is 5.57 Å². The van der Waals surface area contributed by atoms with Crippen molar-refractivity contribution >= 4 is 26.8 Å². The van der Waals surface area contributed by atoms with Gasteiger partial charge in [0, 0.05) is 12.8 Å². The molecule has 0 aliphatic carbocycles. The number of likely N-dealkylation sites (N-methyl/N-ethyl adjacent to an activating group) is 1. The maximum Gasteiger partial charge on any atom is 0.0970 e. The summed E-state index contributed by atoms with van der Waals surface area (Å²) in [5.74, 6) is 0. The average molecular weight is 218 g/mol. The van der Waals surface area contributed by atoms with Crippen LogP contribution in [0.15, 0.2) is 11.6 Å². The van der Waals surface area contributed by atoms with Crippen molar-refractivity contribution in [2.45, 2.75) is 0 Å². The van der Waals surface area contributed by atoms with Crippen LogP contribution in [0.3, 0.4) is 0 Å². The normalized spacial score (nSPS) is 11.8. The molecule has 0 saturated carbocycles. The zero-order valence-corrected chi connectivity index (χ0v) is 8.27. The number of halogens is 1. The van der Waals surface area contributed by atoms with Gasteiger partial charge >= 0.3 is 0 Å². The van der Waals surface area contributed by atoms with Crippen molar-refractivity contribution in [3.63, 3.8) is 0 Å². The average Bonchev–Trinajstić information content (AvgIpc) is 1.84. The molecular formula is C7H12BrN3. The second kappa shape index (κ2) is 5.21. The van der Waals surface area contributed by atoms with E-state index in [1.54, 1.807) is 6.08 Å². The van der Waals surface area contributed by atoms with E-state index in [4.69, 9.17) is 10.8 Å². The van der Waals surface area contributed by atoms with Crippen molar-refractivity contribution < 1.29 is 0 Å². The molecule has 0 unspecified atom stereocenters. The molecule has 0 aromatic heterocycles. The Morgan fingerprint density at radius 1 is 1.55 bits per heavy atom. The summed E-state index contributed by atoms with van der Waals surface area (Å²) in [6, 6.07) is 0. The molecule has 0 fully saturated rings. The molecule has 0 saturated heterocycles. The summed E-state index contributed by atoms with van der Waals surface area (Å²) in [7, 11) is 3.85. The van der Waals surface area contributed by atoms with E-state index in [1.807, 2.05) is 19.0 Å². The van der Waals surface area contributed by atoms with Gasteiger partial charge in [0.25, 0.3) is 0 Å². The molecule has 0 aliphatic rings. The SMILES string of the molecule is CN(C)C/C(C=N)=C/C(=N)Br. The highest BCUT2D eigenvalue weighted by Crippen LogP contribution is 1.96. The number of rotatable bonds is 4. The third kappa shape index (κ3) is 5.94. The van der Waals surface area contributed by atoms with E-state index in [-0.39, 0.29) is 0 Å². The van der Waals surface area contributed by atoms with Gasteiger partial charge in [-0.1, -0.05) is 0 Å². The third-order valence-electron chi connectivity index (χ3n) is 0.996. The van der Waals surface area contributed by atoms with Crippen LogP contribution in [0.4, 0.5) is 0 Å². The number of hydrogen-bond donors (Lipinski definition) is 2. The van der Waals surface area contributed by atoms with Crippen molar-refractivity contribution in [2.75, 3.05) is 20.6 Å². The lowest BCUT2D eigenvalue weighted by Crippen LogP contribution is -2.15. The summed E-state index contributed by atoms with van der Waals surface area (Å²) in [4.78, 5) is 1.95. The molecule has 2 N–H and O–H groups in total. The fourth-order valence-electron chi connectivity index (χ4n) is 0.661. The van der Waals surface area contributed by atoms with Gasteiger partial charge in [-0.3, -0.25) is 5.41 Å². The molecule has 62 valence electrons. The van der Waals surface area contributed by atoms with Crippen molar-refractivity contribution in [3.8, 4) is 0 Å². The Bertz CT molecular complexity index is 184. The number of nitrogens with one attached hydrogen (secondary N) is 2. The van der Waals surface area contributed by atoms with E-state index in [2.05, 4.69) is 15.9 Å². The Morgan fingerprint density at radius 2 is 2.09 bits per heavy atom. The molecule has 0 aromatic rings. The quantitative estimate of drug-likeness (QED) is 0.690. The van der Waals surface area contributed by atoms with E-state index >= 15 is 0 Å². The first-order chi connectivity index (χ1) is 5.06. The van der Waals surface area contributed by atoms with Crippen LogP contribution in [0.25, 0.3) is 0 Å². The van der Waals surface area contributed by atoms with Gasteiger partial charge in [0.15, 0.2) is 0 Å². The second-order valence-corrected chi connectivity index (χ2v) is 3.30. The van der Waals surface area contributed by atoms with Gasteiger partial charge in [-0.25, -0.2) is 0 Å². The molecule has 0 heterocycles. The maximum absolute atomic E-state index is 7.09. The fourth-order valence-corrected chi connectivity index (χ4v) is 0.955. The van der Waals surface area contributed by atoms with E-state index in [1.165, 1.54) is 6.21 Å². The second-order valence-electron chi connectivity index (χ2n) is 2.45. The summed E-state index contributed by atoms with van der Waals surface area (Å²) in [6.45, 7) is 0.692. The van der Waals surface area contributed by atoms with Crippen molar-refractivity contribution in [1.29, 1.82) is 10.8 Å². The van der Waals surface area contributed by atoms with Crippen molar-refractivity contribution in [1.82, 2.24) is 4.90 Å². The summed E-state index contributed by atoms with van der Waals surface area (Å²) < 4.78 is 0.304. The minimum Gasteiger partial charge on any atom is -0.308 e. The van der Waals surface area contributed by atoms with Crippen LogP contribution in [-0.4, -0.2) is 36.4 Å². The molecule has 4 heteroatoms. The molecule has 0 rings (SSSR count). The third-order valence-corrected chi connectivity index (χ3v) is 1.23. The first-order valence-electron chi connectivity index (χ1n) is 3.16. The minimum absolute atomic E-state index is 0.304. The van der Waals surface area contributed by atoms with Crippen molar-refractivity contribution in [2.24, 2.45) is 0 Å².